The zero-order valence-corrected chi connectivity index (χ0v) is 15.2. The van der Waals surface area contributed by atoms with Gasteiger partial charge in [0.2, 0.25) is 0 Å². The Hall–Kier alpha value is -1.81. The van der Waals surface area contributed by atoms with E-state index in [4.69, 9.17) is 15.6 Å². The number of rotatable bonds is 11. The number of methoxy groups -OCH3 is 1. The lowest BCUT2D eigenvalue weighted by Crippen LogP contribution is -1.97. The number of benzene rings is 1. The summed E-state index contributed by atoms with van der Waals surface area (Å²) in [6, 6.07) is 7.14. The van der Waals surface area contributed by atoms with Crippen LogP contribution in [0.2, 0.25) is 0 Å². The minimum atomic E-state index is -0.948. The summed E-state index contributed by atoms with van der Waals surface area (Å²) >= 11 is 0. The summed E-state index contributed by atoms with van der Waals surface area (Å²) in [6.45, 7) is 3.13. The van der Waals surface area contributed by atoms with Gasteiger partial charge in [0.15, 0.2) is 0 Å². The highest BCUT2D eigenvalue weighted by molar-refractivity contribution is 5.85. The number of carboxylic acids is 1. The zero-order valence-electron chi connectivity index (χ0n) is 15.2. The van der Waals surface area contributed by atoms with E-state index in [1.54, 1.807) is 31.4 Å². The highest BCUT2D eigenvalue weighted by Gasteiger charge is 1.91. The van der Waals surface area contributed by atoms with Crippen molar-refractivity contribution in [2.24, 2.45) is 5.73 Å². The monoisotopic (exact) mass is 335 g/mol. The molecule has 136 valence electrons. The number of nitrogens with two attached hydrogens (primary N) is 1. The molecular weight excluding hydrogens is 302 g/mol. The molecule has 1 aromatic rings. The first-order chi connectivity index (χ1) is 11.6. The fraction of sp³-hybridized carbons (Fsp3) is 0.550. The van der Waals surface area contributed by atoms with Crippen molar-refractivity contribution in [3.63, 3.8) is 0 Å². The van der Waals surface area contributed by atoms with Crippen LogP contribution in [-0.2, 0) is 4.79 Å². The molecule has 0 saturated carbocycles. The van der Waals surface area contributed by atoms with Crippen molar-refractivity contribution in [1.82, 2.24) is 0 Å². The van der Waals surface area contributed by atoms with Crippen LogP contribution < -0.4 is 10.5 Å². The Kier molecular flexibility index (Phi) is 14.9. The maximum absolute atomic E-state index is 10.2. The van der Waals surface area contributed by atoms with E-state index < -0.39 is 5.97 Å². The molecule has 24 heavy (non-hydrogen) atoms. The quantitative estimate of drug-likeness (QED) is 0.446. The Morgan fingerprint density at radius 2 is 1.58 bits per heavy atom. The molecule has 0 aliphatic rings. The van der Waals surface area contributed by atoms with Crippen molar-refractivity contribution in [2.75, 3.05) is 13.7 Å². The first-order valence-corrected chi connectivity index (χ1v) is 8.89. The van der Waals surface area contributed by atoms with E-state index in [9.17, 15) is 4.79 Å². The van der Waals surface area contributed by atoms with Gasteiger partial charge >= 0.3 is 5.97 Å². The Morgan fingerprint density at radius 1 is 1.04 bits per heavy atom. The van der Waals surface area contributed by atoms with Crippen molar-refractivity contribution in [3.05, 3.63) is 35.9 Å². The second-order valence-electron chi connectivity index (χ2n) is 5.71. The van der Waals surface area contributed by atoms with Crippen LogP contribution in [0.3, 0.4) is 0 Å². The average molecular weight is 335 g/mol. The molecule has 1 aromatic carbocycles. The van der Waals surface area contributed by atoms with Gasteiger partial charge in [0.05, 0.1) is 7.11 Å². The van der Waals surface area contributed by atoms with Gasteiger partial charge in [0.1, 0.15) is 5.75 Å². The molecule has 0 atom stereocenters. The number of hydrogen-bond donors (Lipinski definition) is 2. The highest BCUT2D eigenvalue weighted by atomic mass is 16.5. The number of carbonyl (C=O) groups is 1. The van der Waals surface area contributed by atoms with Crippen molar-refractivity contribution in [1.29, 1.82) is 0 Å². The Balaban J connectivity index is 0.000000449. The lowest BCUT2D eigenvalue weighted by molar-refractivity contribution is -0.131. The normalized spacial score (nSPS) is 10.3. The fourth-order valence-electron chi connectivity index (χ4n) is 2.16. The largest absolute Gasteiger partial charge is 0.497 e. The molecule has 0 spiro atoms. The minimum absolute atomic E-state index is 0.757. The first kappa shape index (κ1) is 22.2. The van der Waals surface area contributed by atoms with Crippen LogP contribution in [0.15, 0.2) is 30.3 Å². The molecule has 0 amide bonds. The van der Waals surface area contributed by atoms with Gasteiger partial charge in [-0.05, 0) is 36.7 Å². The van der Waals surface area contributed by atoms with Gasteiger partial charge in [-0.2, -0.15) is 0 Å². The summed E-state index contributed by atoms with van der Waals surface area (Å²) in [4.78, 5) is 10.2. The Bertz CT molecular complexity index is 433. The molecule has 0 heterocycles. The maximum Gasteiger partial charge on any atom is 0.328 e. The number of ether oxygens (including phenoxy) is 1. The van der Waals surface area contributed by atoms with Gasteiger partial charge in [0, 0.05) is 6.08 Å². The van der Waals surface area contributed by atoms with Crippen LogP contribution in [0.25, 0.3) is 6.08 Å². The maximum atomic E-state index is 10.2. The summed E-state index contributed by atoms with van der Waals surface area (Å²) in [5, 5.41) is 8.36. The molecule has 1 rings (SSSR count). The Morgan fingerprint density at radius 3 is 2.04 bits per heavy atom. The molecule has 0 fully saturated rings. The predicted molar refractivity (Wildman–Crippen MR) is 101 cm³/mol. The van der Waals surface area contributed by atoms with Crippen LogP contribution in [0.1, 0.15) is 63.9 Å². The van der Waals surface area contributed by atoms with Gasteiger partial charge < -0.3 is 15.6 Å². The lowest BCUT2D eigenvalue weighted by atomic mass is 10.1. The number of hydrogen-bond acceptors (Lipinski definition) is 3. The smallest absolute Gasteiger partial charge is 0.328 e. The van der Waals surface area contributed by atoms with Gasteiger partial charge in [-0.15, -0.1) is 0 Å². The van der Waals surface area contributed by atoms with Crippen molar-refractivity contribution in [2.45, 2.75) is 58.3 Å². The molecule has 4 nitrogen and oxygen atoms in total. The van der Waals surface area contributed by atoms with Crippen LogP contribution in [0.4, 0.5) is 0 Å². The fourth-order valence-corrected chi connectivity index (χ4v) is 2.16. The van der Waals surface area contributed by atoms with Crippen molar-refractivity contribution in [3.8, 4) is 5.75 Å². The van der Waals surface area contributed by atoms with E-state index in [2.05, 4.69) is 6.92 Å². The third kappa shape index (κ3) is 13.8. The number of aliphatic carboxylic acids is 1. The molecule has 0 unspecified atom stereocenters. The van der Waals surface area contributed by atoms with Crippen LogP contribution in [0, 0.1) is 0 Å². The van der Waals surface area contributed by atoms with E-state index in [1.807, 2.05) is 0 Å². The summed E-state index contributed by atoms with van der Waals surface area (Å²) in [5.74, 6) is -0.191. The SMILES string of the molecule is CCCCCCCCCCN.COc1ccc(C=CC(=O)O)cc1. The summed E-state index contributed by atoms with van der Waals surface area (Å²) in [6.07, 6.45) is 13.6. The van der Waals surface area contributed by atoms with Gasteiger partial charge in [-0.3, -0.25) is 0 Å². The molecule has 0 radical (unpaired) electrons. The average Bonchev–Trinajstić information content (AvgIpc) is 2.60. The van der Waals surface area contributed by atoms with E-state index in [0.29, 0.717) is 0 Å². The third-order valence-electron chi connectivity index (χ3n) is 3.59. The van der Waals surface area contributed by atoms with Crippen LogP contribution in [0.5, 0.6) is 5.75 Å². The molecule has 4 heteroatoms. The number of unbranched alkanes of at least 4 members (excludes halogenated alkanes) is 7. The van der Waals surface area contributed by atoms with Crippen molar-refractivity contribution < 1.29 is 14.6 Å². The second-order valence-corrected chi connectivity index (χ2v) is 5.71. The van der Waals surface area contributed by atoms with Gasteiger partial charge in [0.25, 0.3) is 0 Å². The van der Waals surface area contributed by atoms with E-state index in [1.165, 1.54) is 57.4 Å². The van der Waals surface area contributed by atoms with Gasteiger partial charge in [-0.25, -0.2) is 4.79 Å². The summed E-state index contributed by atoms with van der Waals surface area (Å²) in [7, 11) is 1.59. The second kappa shape index (κ2) is 16.1. The van der Waals surface area contributed by atoms with E-state index >= 15 is 0 Å². The zero-order chi connectivity index (χ0) is 18.0. The topological polar surface area (TPSA) is 72.5 Å². The predicted octanol–water partition coefficient (Wildman–Crippen LogP) is 4.88. The van der Waals surface area contributed by atoms with E-state index in [0.717, 1.165) is 23.9 Å². The van der Waals surface area contributed by atoms with Gasteiger partial charge in [-0.1, -0.05) is 64.0 Å². The lowest BCUT2D eigenvalue weighted by Gasteiger charge is -1.99. The first-order valence-electron chi connectivity index (χ1n) is 8.89. The van der Waals surface area contributed by atoms with E-state index in [-0.39, 0.29) is 0 Å². The summed E-state index contributed by atoms with van der Waals surface area (Å²) < 4.78 is 4.95. The minimum Gasteiger partial charge on any atom is -0.497 e. The van der Waals surface area contributed by atoms with Crippen molar-refractivity contribution >= 4 is 12.0 Å². The molecule has 0 aliphatic heterocycles. The molecular formula is C20H33NO3. The van der Waals surface area contributed by atoms with Crippen LogP contribution in [-0.4, -0.2) is 24.7 Å². The van der Waals surface area contributed by atoms with Crippen LogP contribution >= 0.6 is 0 Å². The number of carboxylic acid groups (broad SMARTS) is 1. The molecule has 3 N–H and O–H groups in total. The molecule has 0 aliphatic carbocycles. The molecule has 0 bridgehead atoms. The Labute approximate surface area is 146 Å². The molecule has 0 saturated heterocycles. The standard InChI is InChI=1S/C10H23N.C10H10O3/c1-2-3-4-5-6-7-8-9-10-11;1-13-9-5-2-8(3-6-9)4-7-10(11)12/h2-11H2,1H3;2-7H,1H3,(H,11,12). The highest BCUT2D eigenvalue weighted by Crippen LogP contribution is 2.12. The summed E-state index contributed by atoms with van der Waals surface area (Å²) in [5.41, 5.74) is 6.23. The molecule has 0 aromatic heterocycles. The third-order valence-corrected chi connectivity index (χ3v) is 3.59.